The summed E-state index contributed by atoms with van der Waals surface area (Å²) < 4.78 is 5.38. The van der Waals surface area contributed by atoms with Gasteiger partial charge >= 0.3 is 0 Å². The molecule has 2 unspecified atom stereocenters. The molecule has 0 aromatic heterocycles. The highest BCUT2D eigenvalue weighted by Crippen LogP contribution is 2.26. The summed E-state index contributed by atoms with van der Waals surface area (Å²) in [6.07, 6.45) is 0. The molecule has 3 heteroatoms. The Balaban J connectivity index is 2.77. The summed E-state index contributed by atoms with van der Waals surface area (Å²) in [5.74, 6) is 1.31. The zero-order valence-electron chi connectivity index (χ0n) is 10.9. The summed E-state index contributed by atoms with van der Waals surface area (Å²) in [7, 11) is 0. The average Bonchev–Trinajstić information content (AvgIpc) is 2.30. The third kappa shape index (κ3) is 3.72. The molecule has 0 heterocycles. The van der Waals surface area contributed by atoms with Crippen molar-refractivity contribution in [3.8, 4) is 5.75 Å². The van der Waals surface area contributed by atoms with Gasteiger partial charge in [-0.15, -0.1) is 0 Å². The lowest BCUT2D eigenvalue weighted by atomic mass is 9.86. The molecule has 0 aliphatic heterocycles. The first-order valence-electron chi connectivity index (χ1n) is 6.19. The van der Waals surface area contributed by atoms with Gasteiger partial charge in [0, 0.05) is 18.6 Å². The van der Waals surface area contributed by atoms with Gasteiger partial charge in [0.05, 0.1) is 6.61 Å². The van der Waals surface area contributed by atoms with E-state index in [0.29, 0.717) is 12.5 Å². The van der Waals surface area contributed by atoms with Crippen molar-refractivity contribution in [2.24, 2.45) is 17.6 Å². The van der Waals surface area contributed by atoms with Crippen molar-refractivity contribution in [2.45, 2.75) is 26.8 Å². The Kier molecular flexibility index (Phi) is 5.45. The van der Waals surface area contributed by atoms with Crippen LogP contribution in [0.1, 0.15) is 32.4 Å². The van der Waals surface area contributed by atoms with Crippen LogP contribution < -0.4 is 10.5 Å². The molecule has 0 saturated carbocycles. The van der Waals surface area contributed by atoms with Crippen molar-refractivity contribution in [1.29, 1.82) is 0 Å². The predicted molar refractivity (Wildman–Crippen MR) is 70.0 cm³/mol. The van der Waals surface area contributed by atoms with Crippen LogP contribution in [-0.2, 0) is 0 Å². The van der Waals surface area contributed by atoms with E-state index in [4.69, 9.17) is 10.5 Å². The molecule has 0 amide bonds. The van der Waals surface area contributed by atoms with Crippen LogP contribution in [0.2, 0.25) is 0 Å². The maximum atomic E-state index is 9.36. The summed E-state index contributed by atoms with van der Waals surface area (Å²) in [5, 5.41) is 9.36. The Labute approximate surface area is 104 Å². The molecule has 0 saturated heterocycles. The zero-order chi connectivity index (χ0) is 12.8. The molecule has 0 aliphatic rings. The minimum Gasteiger partial charge on any atom is -0.494 e. The molecule has 1 aromatic carbocycles. The van der Waals surface area contributed by atoms with Gasteiger partial charge in [0.15, 0.2) is 0 Å². The number of aliphatic hydroxyl groups is 1. The fraction of sp³-hybridized carbons (Fsp3) is 0.571. The van der Waals surface area contributed by atoms with Gasteiger partial charge in [-0.2, -0.15) is 0 Å². The first kappa shape index (κ1) is 14.0. The first-order chi connectivity index (χ1) is 8.10. The van der Waals surface area contributed by atoms with E-state index in [1.807, 2.05) is 31.2 Å². The summed E-state index contributed by atoms with van der Waals surface area (Å²) in [6, 6.07) is 7.66. The summed E-state index contributed by atoms with van der Waals surface area (Å²) in [6.45, 7) is 6.90. The topological polar surface area (TPSA) is 55.5 Å². The maximum Gasteiger partial charge on any atom is 0.119 e. The number of benzene rings is 1. The van der Waals surface area contributed by atoms with Gasteiger partial charge in [0.25, 0.3) is 0 Å². The molecule has 0 radical (unpaired) electrons. The second-order valence-corrected chi connectivity index (χ2v) is 4.62. The van der Waals surface area contributed by atoms with Gasteiger partial charge in [-0.25, -0.2) is 0 Å². The summed E-state index contributed by atoms with van der Waals surface area (Å²) in [4.78, 5) is 0. The molecule has 1 rings (SSSR count). The number of ether oxygens (including phenoxy) is 1. The normalized spacial score (nSPS) is 14.7. The van der Waals surface area contributed by atoms with E-state index in [-0.39, 0.29) is 18.6 Å². The highest BCUT2D eigenvalue weighted by Gasteiger charge is 2.21. The maximum absolute atomic E-state index is 9.36. The number of rotatable bonds is 6. The monoisotopic (exact) mass is 237 g/mol. The van der Waals surface area contributed by atoms with Gasteiger partial charge < -0.3 is 15.6 Å². The van der Waals surface area contributed by atoms with Gasteiger partial charge in [-0.05, 0) is 30.5 Å². The SMILES string of the molecule is CCOc1ccc(C(N)C(CO)C(C)C)cc1. The van der Waals surface area contributed by atoms with Gasteiger partial charge in [-0.1, -0.05) is 26.0 Å². The lowest BCUT2D eigenvalue weighted by molar-refractivity contribution is 0.166. The van der Waals surface area contributed by atoms with E-state index in [2.05, 4.69) is 13.8 Å². The molecule has 0 fully saturated rings. The van der Waals surface area contributed by atoms with Crippen LogP contribution in [0.15, 0.2) is 24.3 Å². The van der Waals surface area contributed by atoms with E-state index in [0.717, 1.165) is 11.3 Å². The van der Waals surface area contributed by atoms with Crippen LogP contribution in [0.3, 0.4) is 0 Å². The van der Waals surface area contributed by atoms with E-state index in [1.165, 1.54) is 0 Å². The van der Waals surface area contributed by atoms with Gasteiger partial charge in [0.2, 0.25) is 0 Å². The minimum absolute atomic E-state index is 0.0907. The lowest BCUT2D eigenvalue weighted by Gasteiger charge is -2.25. The number of nitrogens with two attached hydrogens (primary N) is 1. The molecule has 0 bridgehead atoms. The van der Waals surface area contributed by atoms with E-state index in [1.54, 1.807) is 0 Å². The van der Waals surface area contributed by atoms with Crippen molar-refractivity contribution in [3.63, 3.8) is 0 Å². The molecule has 1 aromatic rings. The largest absolute Gasteiger partial charge is 0.494 e. The van der Waals surface area contributed by atoms with Gasteiger partial charge in [-0.3, -0.25) is 0 Å². The van der Waals surface area contributed by atoms with Gasteiger partial charge in [0.1, 0.15) is 5.75 Å². The smallest absolute Gasteiger partial charge is 0.119 e. The molecule has 2 atom stereocenters. The van der Waals surface area contributed by atoms with E-state index < -0.39 is 0 Å². The molecular weight excluding hydrogens is 214 g/mol. The van der Waals surface area contributed by atoms with Crippen LogP contribution in [0, 0.1) is 11.8 Å². The van der Waals surface area contributed by atoms with Crippen LogP contribution in [0.5, 0.6) is 5.75 Å². The third-order valence-electron chi connectivity index (χ3n) is 3.10. The highest BCUT2D eigenvalue weighted by molar-refractivity contribution is 5.29. The summed E-state index contributed by atoms with van der Waals surface area (Å²) in [5.41, 5.74) is 7.22. The Morgan fingerprint density at radius 1 is 1.24 bits per heavy atom. The zero-order valence-corrected chi connectivity index (χ0v) is 10.9. The lowest BCUT2D eigenvalue weighted by Crippen LogP contribution is -2.28. The standard InChI is InChI=1S/C14H23NO2/c1-4-17-12-7-5-11(6-8-12)14(15)13(9-16)10(2)3/h5-8,10,13-14,16H,4,9,15H2,1-3H3. The molecule has 17 heavy (non-hydrogen) atoms. The van der Waals surface area contributed by atoms with Crippen LogP contribution in [-0.4, -0.2) is 18.3 Å². The highest BCUT2D eigenvalue weighted by atomic mass is 16.5. The van der Waals surface area contributed by atoms with Crippen LogP contribution in [0.4, 0.5) is 0 Å². The molecule has 3 N–H and O–H groups in total. The van der Waals surface area contributed by atoms with Crippen LogP contribution in [0.25, 0.3) is 0 Å². The molecule has 3 nitrogen and oxygen atoms in total. The molecule has 96 valence electrons. The van der Waals surface area contributed by atoms with Crippen molar-refractivity contribution in [2.75, 3.05) is 13.2 Å². The molecule has 0 aliphatic carbocycles. The Hall–Kier alpha value is -1.06. The van der Waals surface area contributed by atoms with E-state index in [9.17, 15) is 5.11 Å². The van der Waals surface area contributed by atoms with E-state index >= 15 is 0 Å². The second-order valence-electron chi connectivity index (χ2n) is 4.62. The quantitative estimate of drug-likeness (QED) is 0.798. The predicted octanol–water partition coefficient (Wildman–Crippen LogP) is 2.35. The van der Waals surface area contributed by atoms with Crippen LogP contribution >= 0.6 is 0 Å². The van der Waals surface area contributed by atoms with Crippen molar-refractivity contribution < 1.29 is 9.84 Å². The number of aliphatic hydroxyl groups excluding tert-OH is 1. The molecule has 0 spiro atoms. The van der Waals surface area contributed by atoms with Crippen molar-refractivity contribution >= 4 is 0 Å². The number of hydrogen-bond donors (Lipinski definition) is 2. The minimum atomic E-state index is -0.129. The number of hydrogen-bond acceptors (Lipinski definition) is 3. The fourth-order valence-electron chi connectivity index (χ4n) is 1.94. The average molecular weight is 237 g/mol. The Morgan fingerprint density at radius 2 is 1.82 bits per heavy atom. The molecular formula is C14H23NO2. The third-order valence-corrected chi connectivity index (χ3v) is 3.10. The Bertz CT molecular complexity index is 321. The van der Waals surface area contributed by atoms with Crippen molar-refractivity contribution in [1.82, 2.24) is 0 Å². The second kappa shape index (κ2) is 6.62. The fourth-order valence-corrected chi connectivity index (χ4v) is 1.94. The van der Waals surface area contributed by atoms with Crippen molar-refractivity contribution in [3.05, 3.63) is 29.8 Å². The summed E-state index contributed by atoms with van der Waals surface area (Å²) >= 11 is 0. The first-order valence-corrected chi connectivity index (χ1v) is 6.19. The Morgan fingerprint density at radius 3 is 2.24 bits per heavy atom.